The van der Waals surface area contributed by atoms with Crippen LogP contribution in [0.4, 0.5) is 17.1 Å². The quantitative estimate of drug-likeness (QED) is 0.261. The molecule has 170 valence electrons. The fourth-order valence-electron chi connectivity index (χ4n) is 4.92. The summed E-state index contributed by atoms with van der Waals surface area (Å²) in [4.78, 5) is 6.88. The summed E-state index contributed by atoms with van der Waals surface area (Å²) in [6.45, 7) is 0. The zero-order valence-electron chi connectivity index (χ0n) is 19.5. The first-order chi connectivity index (χ1) is 17.8. The Labute approximate surface area is 208 Å². The first-order valence-electron chi connectivity index (χ1n) is 12.1. The van der Waals surface area contributed by atoms with Crippen molar-refractivity contribution in [2.24, 2.45) is 0 Å². The van der Waals surface area contributed by atoms with Crippen molar-refractivity contribution in [3.63, 3.8) is 0 Å². The van der Waals surface area contributed by atoms with E-state index in [9.17, 15) is 0 Å². The molecule has 0 saturated heterocycles. The van der Waals surface area contributed by atoms with E-state index in [1.54, 1.807) is 0 Å². The molecule has 0 aliphatic heterocycles. The van der Waals surface area contributed by atoms with Crippen LogP contribution in [0.5, 0.6) is 0 Å². The van der Waals surface area contributed by atoms with Crippen molar-refractivity contribution in [3.05, 3.63) is 134 Å². The third-order valence-electron chi connectivity index (χ3n) is 6.69. The standard InChI is InChI=1S/C33H22N2O/c1-2-7-23(8-3-1)25-12-15-27(16-13-25)35(28-17-14-24-9-4-5-10-26(24)21-28)29-18-19-31-30(22-29)33-32(36-31)11-6-20-34-33/h1-22H. The third kappa shape index (κ3) is 3.50. The Hall–Kier alpha value is -4.89. The lowest BCUT2D eigenvalue weighted by Crippen LogP contribution is -2.09. The topological polar surface area (TPSA) is 29.3 Å². The third-order valence-corrected chi connectivity index (χ3v) is 6.69. The molecule has 0 amide bonds. The van der Waals surface area contributed by atoms with Gasteiger partial charge in [-0.05, 0) is 76.5 Å². The van der Waals surface area contributed by atoms with E-state index in [0.29, 0.717) is 0 Å². The van der Waals surface area contributed by atoms with E-state index in [0.717, 1.165) is 39.1 Å². The van der Waals surface area contributed by atoms with E-state index in [2.05, 4.69) is 113 Å². The van der Waals surface area contributed by atoms with Crippen molar-refractivity contribution in [1.82, 2.24) is 4.98 Å². The van der Waals surface area contributed by atoms with Crippen LogP contribution in [0, 0.1) is 0 Å². The van der Waals surface area contributed by atoms with Crippen molar-refractivity contribution >= 4 is 49.9 Å². The van der Waals surface area contributed by atoms with Crippen LogP contribution in [0.2, 0.25) is 0 Å². The largest absolute Gasteiger partial charge is 0.454 e. The molecule has 5 aromatic carbocycles. The van der Waals surface area contributed by atoms with Crippen LogP contribution in [0.1, 0.15) is 0 Å². The lowest BCUT2D eigenvalue weighted by molar-refractivity contribution is 0.668. The van der Waals surface area contributed by atoms with E-state index in [4.69, 9.17) is 4.42 Å². The first kappa shape index (κ1) is 20.5. The van der Waals surface area contributed by atoms with Gasteiger partial charge in [-0.15, -0.1) is 0 Å². The number of rotatable bonds is 4. The fourth-order valence-corrected chi connectivity index (χ4v) is 4.92. The Bertz CT molecular complexity index is 1840. The van der Waals surface area contributed by atoms with Gasteiger partial charge in [0.15, 0.2) is 5.58 Å². The highest BCUT2D eigenvalue weighted by Crippen LogP contribution is 2.39. The maximum atomic E-state index is 6.04. The van der Waals surface area contributed by atoms with Crippen molar-refractivity contribution in [1.29, 1.82) is 0 Å². The highest BCUT2D eigenvalue weighted by atomic mass is 16.3. The van der Waals surface area contributed by atoms with E-state index < -0.39 is 0 Å². The van der Waals surface area contributed by atoms with Crippen molar-refractivity contribution in [2.75, 3.05) is 4.90 Å². The van der Waals surface area contributed by atoms with Gasteiger partial charge >= 0.3 is 0 Å². The number of nitrogens with zero attached hydrogens (tertiary/aromatic N) is 2. The maximum absolute atomic E-state index is 6.04. The Kier molecular flexibility index (Phi) is 4.78. The molecule has 36 heavy (non-hydrogen) atoms. The fraction of sp³-hybridized carbons (Fsp3) is 0. The Balaban J connectivity index is 1.41. The molecule has 0 unspecified atom stereocenters. The van der Waals surface area contributed by atoms with Crippen LogP contribution in [-0.4, -0.2) is 4.98 Å². The van der Waals surface area contributed by atoms with E-state index >= 15 is 0 Å². The Morgan fingerprint density at radius 1 is 0.500 bits per heavy atom. The van der Waals surface area contributed by atoms with Gasteiger partial charge in [0.2, 0.25) is 0 Å². The van der Waals surface area contributed by atoms with Crippen LogP contribution in [0.3, 0.4) is 0 Å². The molecule has 0 fully saturated rings. The minimum Gasteiger partial charge on any atom is -0.454 e. The first-order valence-corrected chi connectivity index (χ1v) is 12.1. The smallest absolute Gasteiger partial charge is 0.153 e. The number of anilines is 3. The van der Waals surface area contributed by atoms with Gasteiger partial charge in [-0.3, -0.25) is 4.98 Å². The summed E-state index contributed by atoms with van der Waals surface area (Å²) in [6.07, 6.45) is 1.81. The molecule has 0 spiro atoms. The summed E-state index contributed by atoms with van der Waals surface area (Å²) in [5, 5.41) is 3.44. The van der Waals surface area contributed by atoms with Gasteiger partial charge in [0, 0.05) is 28.6 Å². The molecule has 2 aromatic heterocycles. The Morgan fingerprint density at radius 2 is 1.19 bits per heavy atom. The molecule has 7 rings (SSSR count). The minimum absolute atomic E-state index is 0.800. The zero-order chi connectivity index (χ0) is 23.9. The number of hydrogen-bond donors (Lipinski definition) is 0. The SMILES string of the molecule is c1ccc(-c2ccc(N(c3ccc4ccccc4c3)c3ccc4oc5cccnc5c4c3)cc2)cc1. The molecule has 0 N–H and O–H groups in total. The summed E-state index contributed by atoms with van der Waals surface area (Å²) >= 11 is 0. The predicted molar refractivity (Wildman–Crippen MR) is 149 cm³/mol. The number of benzene rings is 5. The molecule has 0 radical (unpaired) electrons. The second-order valence-corrected chi connectivity index (χ2v) is 8.91. The molecule has 3 nitrogen and oxygen atoms in total. The molecule has 0 bridgehead atoms. The average molecular weight is 463 g/mol. The number of pyridine rings is 1. The molecule has 7 aromatic rings. The molecular formula is C33H22N2O. The van der Waals surface area contributed by atoms with Gasteiger partial charge < -0.3 is 9.32 Å². The minimum atomic E-state index is 0.800. The molecule has 0 atom stereocenters. The molecular weight excluding hydrogens is 440 g/mol. The number of furan rings is 1. The van der Waals surface area contributed by atoms with Gasteiger partial charge in [-0.1, -0.05) is 72.8 Å². The van der Waals surface area contributed by atoms with Gasteiger partial charge in [0.1, 0.15) is 11.1 Å². The maximum Gasteiger partial charge on any atom is 0.153 e. The van der Waals surface area contributed by atoms with Gasteiger partial charge in [-0.25, -0.2) is 0 Å². The van der Waals surface area contributed by atoms with Crippen LogP contribution in [-0.2, 0) is 0 Å². The summed E-state index contributed by atoms with van der Waals surface area (Å²) in [7, 11) is 0. The van der Waals surface area contributed by atoms with Crippen LogP contribution in [0.15, 0.2) is 138 Å². The van der Waals surface area contributed by atoms with Gasteiger partial charge in [-0.2, -0.15) is 0 Å². The monoisotopic (exact) mass is 462 g/mol. The summed E-state index contributed by atoms with van der Waals surface area (Å²) in [5.74, 6) is 0. The number of aromatic nitrogens is 1. The molecule has 0 aliphatic carbocycles. The molecule has 0 saturated carbocycles. The second kappa shape index (κ2) is 8.40. The van der Waals surface area contributed by atoms with E-state index in [1.807, 2.05) is 30.5 Å². The number of fused-ring (bicyclic) bond motifs is 4. The summed E-state index contributed by atoms with van der Waals surface area (Å²) in [6, 6.07) is 44.5. The lowest BCUT2D eigenvalue weighted by Gasteiger charge is -2.26. The summed E-state index contributed by atoms with van der Waals surface area (Å²) < 4.78 is 6.04. The molecule has 0 aliphatic rings. The average Bonchev–Trinajstić information content (AvgIpc) is 3.32. The second-order valence-electron chi connectivity index (χ2n) is 8.91. The van der Waals surface area contributed by atoms with Crippen LogP contribution >= 0.6 is 0 Å². The van der Waals surface area contributed by atoms with Gasteiger partial charge in [0.25, 0.3) is 0 Å². The van der Waals surface area contributed by atoms with Crippen LogP contribution < -0.4 is 4.90 Å². The van der Waals surface area contributed by atoms with Crippen LogP contribution in [0.25, 0.3) is 44.0 Å². The highest BCUT2D eigenvalue weighted by molar-refractivity contribution is 6.04. The number of hydrogen-bond acceptors (Lipinski definition) is 3. The molecule has 2 heterocycles. The Morgan fingerprint density at radius 3 is 2.06 bits per heavy atom. The van der Waals surface area contributed by atoms with E-state index in [-0.39, 0.29) is 0 Å². The summed E-state index contributed by atoms with van der Waals surface area (Å²) in [5.41, 5.74) is 8.16. The zero-order valence-corrected chi connectivity index (χ0v) is 19.5. The lowest BCUT2D eigenvalue weighted by atomic mass is 10.0. The van der Waals surface area contributed by atoms with E-state index in [1.165, 1.54) is 21.9 Å². The molecule has 3 heteroatoms. The highest BCUT2D eigenvalue weighted by Gasteiger charge is 2.16. The predicted octanol–water partition coefficient (Wildman–Crippen LogP) is 9.27. The van der Waals surface area contributed by atoms with Crippen molar-refractivity contribution in [3.8, 4) is 11.1 Å². The van der Waals surface area contributed by atoms with Gasteiger partial charge in [0.05, 0.1) is 0 Å². The van der Waals surface area contributed by atoms with Crippen molar-refractivity contribution in [2.45, 2.75) is 0 Å². The normalized spacial score (nSPS) is 11.3. The van der Waals surface area contributed by atoms with Crippen molar-refractivity contribution < 1.29 is 4.42 Å².